The van der Waals surface area contributed by atoms with Crippen LogP contribution in [0.25, 0.3) is 11.3 Å². The molecule has 0 radical (unpaired) electrons. The van der Waals surface area contributed by atoms with Gasteiger partial charge in [0.05, 0.1) is 26.0 Å². The predicted octanol–water partition coefficient (Wildman–Crippen LogP) is 2.14. The summed E-state index contributed by atoms with van der Waals surface area (Å²) >= 11 is 6.03. The summed E-state index contributed by atoms with van der Waals surface area (Å²) in [5, 5.41) is 15.0. The summed E-state index contributed by atoms with van der Waals surface area (Å²) in [6.45, 7) is 0.815. The first-order valence-corrected chi connectivity index (χ1v) is 6.71. The van der Waals surface area contributed by atoms with E-state index in [9.17, 15) is 5.11 Å². The Morgan fingerprint density at radius 3 is 2.95 bits per heavy atom. The molecule has 0 unspecified atom stereocenters. The maximum atomic E-state index is 9.84. The molecule has 1 aromatic carbocycles. The van der Waals surface area contributed by atoms with Gasteiger partial charge >= 0.3 is 0 Å². The fourth-order valence-electron chi connectivity index (χ4n) is 2.33. The molecule has 1 saturated heterocycles. The number of hydrogen-bond donors (Lipinski definition) is 1. The maximum absolute atomic E-state index is 9.84. The summed E-state index contributed by atoms with van der Waals surface area (Å²) in [6, 6.07) is 7.13. The quantitative estimate of drug-likeness (QED) is 0.942. The van der Waals surface area contributed by atoms with Crippen LogP contribution >= 0.6 is 11.6 Å². The molecule has 0 aliphatic carbocycles. The van der Waals surface area contributed by atoms with Crippen molar-refractivity contribution in [2.24, 2.45) is 0 Å². The van der Waals surface area contributed by atoms with Crippen molar-refractivity contribution in [3.05, 3.63) is 35.5 Å². The maximum Gasteiger partial charge on any atom is 0.128 e. The zero-order chi connectivity index (χ0) is 14.1. The van der Waals surface area contributed by atoms with E-state index >= 15 is 0 Å². The number of hydrogen-bond acceptors (Lipinski definition) is 4. The van der Waals surface area contributed by atoms with Gasteiger partial charge in [-0.15, -0.1) is 0 Å². The highest BCUT2D eigenvalue weighted by Crippen LogP contribution is 2.32. The minimum atomic E-state index is -0.524. The second-order valence-electron chi connectivity index (χ2n) is 4.70. The lowest BCUT2D eigenvalue weighted by Crippen LogP contribution is -2.22. The minimum Gasteiger partial charge on any atom is -0.496 e. The lowest BCUT2D eigenvalue weighted by molar-refractivity contribution is 0.118. The molecule has 1 aliphatic heterocycles. The highest BCUT2D eigenvalue weighted by molar-refractivity contribution is 6.30. The summed E-state index contributed by atoms with van der Waals surface area (Å²) in [5.41, 5.74) is 1.58. The van der Waals surface area contributed by atoms with E-state index in [1.54, 1.807) is 17.9 Å². The summed E-state index contributed by atoms with van der Waals surface area (Å²) < 4.78 is 12.3. The molecule has 0 saturated carbocycles. The molecular formula is C14H15ClN2O3. The minimum absolute atomic E-state index is 0.145. The molecule has 3 rings (SSSR count). The van der Waals surface area contributed by atoms with E-state index in [4.69, 9.17) is 21.1 Å². The van der Waals surface area contributed by atoms with Crippen LogP contribution in [0.2, 0.25) is 5.02 Å². The van der Waals surface area contributed by atoms with E-state index in [2.05, 4.69) is 5.10 Å². The third-order valence-electron chi connectivity index (χ3n) is 3.41. The lowest BCUT2D eigenvalue weighted by Gasteiger charge is -2.12. The van der Waals surface area contributed by atoms with Crippen LogP contribution in [-0.4, -0.2) is 41.3 Å². The van der Waals surface area contributed by atoms with Crippen LogP contribution in [0.1, 0.15) is 6.04 Å². The van der Waals surface area contributed by atoms with Gasteiger partial charge < -0.3 is 14.6 Å². The van der Waals surface area contributed by atoms with E-state index in [0.717, 1.165) is 11.3 Å². The van der Waals surface area contributed by atoms with Crippen LogP contribution in [0.4, 0.5) is 0 Å². The second-order valence-corrected chi connectivity index (χ2v) is 5.13. The van der Waals surface area contributed by atoms with Gasteiger partial charge in [-0.25, -0.2) is 0 Å². The van der Waals surface area contributed by atoms with Gasteiger partial charge in [-0.3, -0.25) is 4.68 Å². The van der Waals surface area contributed by atoms with Gasteiger partial charge in [-0.1, -0.05) is 11.6 Å². The molecule has 5 nitrogen and oxygen atoms in total. The number of ether oxygens (including phenoxy) is 2. The van der Waals surface area contributed by atoms with Crippen LogP contribution in [-0.2, 0) is 4.74 Å². The van der Waals surface area contributed by atoms with Crippen molar-refractivity contribution in [3.63, 3.8) is 0 Å². The number of methoxy groups -OCH3 is 1. The molecule has 1 N–H and O–H groups in total. The van der Waals surface area contributed by atoms with Gasteiger partial charge in [-0.2, -0.15) is 5.10 Å². The van der Waals surface area contributed by atoms with Gasteiger partial charge in [0.2, 0.25) is 0 Å². The molecule has 2 atom stereocenters. The highest BCUT2D eigenvalue weighted by Gasteiger charge is 2.28. The van der Waals surface area contributed by atoms with Crippen LogP contribution in [0.3, 0.4) is 0 Å². The van der Waals surface area contributed by atoms with Gasteiger partial charge in [0, 0.05) is 16.8 Å². The fourth-order valence-corrected chi connectivity index (χ4v) is 2.50. The molecule has 1 aromatic heterocycles. The van der Waals surface area contributed by atoms with E-state index < -0.39 is 6.10 Å². The standard InChI is InChI=1S/C14H15ClN2O3/c1-19-14-3-2-9(15)6-10(14)11-4-5-17(16-11)12-7-20-8-13(12)18/h2-6,12-13,18H,7-8H2,1H3/t12-,13-/m0/s1. The van der Waals surface area contributed by atoms with E-state index in [-0.39, 0.29) is 6.04 Å². The Kier molecular flexibility index (Phi) is 3.65. The molecule has 0 spiro atoms. The smallest absolute Gasteiger partial charge is 0.128 e. The topological polar surface area (TPSA) is 56.5 Å². The summed E-state index contributed by atoms with van der Waals surface area (Å²) in [6.07, 6.45) is 1.31. The van der Waals surface area contributed by atoms with Crippen molar-refractivity contribution in [1.82, 2.24) is 9.78 Å². The van der Waals surface area contributed by atoms with Crippen LogP contribution < -0.4 is 4.74 Å². The second kappa shape index (κ2) is 5.44. The van der Waals surface area contributed by atoms with E-state index in [0.29, 0.717) is 24.0 Å². The SMILES string of the molecule is COc1ccc(Cl)cc1-c1ccn([C@H]2COC[C@@H]2O)n1. The van der Waals surface area contributed by atoms with Crippen molar-refractivity contribution in [1.29, 1.82) is 0 Å². The Morgan fingerprint density at radius 2 is 2.25 bits per heavy atom. The number of rotatable bonds is 3. The molecule has 106 valence electrons. The van der Waals surface area contributed by atoms with Crippen molar-refractivity contribution in [2.45, 2.75) is 12.1 Å². The molecule has 6 heteroatoms. The van der Waals surface area contributed by atoms with E-state index in [1.165, 1.54) is 0 Å². The van der Waals surface area contributed by atoms with Gasteiger partial charge in [0.25, 0.3) is 0 Å². The third kappa shape index (κ3) is 2.40. The molecule has 1 aliphatic rings. The fraction of sp³-hybridized carbons (Fsp3) is 0.357. The molecular weight excluding hydrogens is 280 g/mol. The zero-order valence-electron chi connectivity index (χ0n) is 11.0. The largest absolute Gasteiger partial charge is 0.496 e. The Hall–Kier alpha value is -1.56. The van der Waals surface area contributed by atoms with Crippen LogP contribution in [0.5, 0.6) is 5.75 Å². The predicted molar refractivity (Wildman–Crippen MR) is 75.1 cm³/mol. The van der Waals surface area contributed by atoms with Crippen molar-refractivity contribution in [3.8, 4) is 17.0 Å². The van der Waals surface area contributed by atoms with Gasteiger partial charge in [0.1, 0.15) is 17.9 Å². The number of aliphatic hydroxyl groups is 1. The van der Waals surface area contributed by atoms with Gasteiger partial charge in [-0.05, 0) is 24.3 Å². The molecule has 0 bridgehead atoms. The molecule has 0 amide bonds. The Balaban J connectivity index is 1.95. The summed E-state index contributed by atoms with van der Waals surface area (Å²) in [7, 11) is 1.61. The van der Waals surface area contributed by atoms with Crippen LogP contribution in [0, 0.1) is 0 Å². The first-order chi connectivity index (χ1) is 9.69. The monoisotopic (exact) mass is 294 g/mol. The normalized spacial score (nSPS) is 22.1. The number of aliphatic hydroxyl groups excluding tert-OH is 1. The zero-order valence-corrected chi connectivity index (χ0v) is 11.7. The first-order valence-electron chi connectivity index (χ1n) is 6.34. The summed E-state index contributed by atoms with van der Waals surface area (Å²) in [4.78, 5) is 0. The van der Waals surface area contributed by atoms with Crippen molar-refractivity contribution in [2.75, 3.05) is 20.3 Å². The average molecular weight is 295 g/mol. The number of aromatic nitrogens is 2. The number of benzene rings is 1. The van der Waals surface area contributed by atoms with Crippen LogP contribution in [0.15, 0.2) is 30.5 Å². The molecule has 20 heavy (non-hydrogen) atoms. The Labute approximate surface area is 121 Å². The molecule has 1 fully saturated rings. The first kappa shape index (κ1) is 13.4. The number of nitrogens with zero attached hydrogens (tertiary/aromatic N) is 2. The summed E-state index contributed by atoms with van der Waals surface area (Å²) in [5.74, 6) is 0.711. The molecule has 2 heterocycles. The Bertz CT molecular complexity index is 614. The third-order valence-corrected chi connectivity index (χ3v) is 3.64. The van der Waals surface area contributed by atoms with Crippen molar-refractivity contribution >= 4 is 11.6 Å². The van der Waals surface area contributed by atoms with E-state index in [1.807, 2.05) is 24.4 Å². The Morgan fingerprint density at radius 1 is 1.40 bits per heavy atom. The van der Waals surface area contributed by atoms with Crippen molar-refractivity contribution < 1.29 is 14.6 Å². The number of halogens is 1. The average Bonchev–Trinajstić information content (AvgIpc) is 3.07. The molecule has 2 aromatic rings. The lowest BCUT2D eigenvalue weighted by atomic mass is 10.1. The highest BCUT2D eigenvalue weighted by atomic mass is 35.5. The van der Waals surface area contributed by atoms with Gasteiger partial charge in [0.15, 0.2) is 0 Å².